The smallest absolute Gasteiger partial charge is 0.138 e. The van der Waals surface area contributed by atoms with Gasteiger partial charge in [-0.1, -0.05) is 121 Å². The first-order valence-corrected chi connectivity index (χ1v) is 15.0. The van der Waals surface area contributed by atoms with Crippen LogP contribution in [0.2, 0.25) is 0 Å². The van der Waals surface area contributed by atoms with Crippen LogP contribution in [0.4, 0.5) is 0 Å². The zero-order chi connectivity index (χ0) is 29.0. The molecule has 0 bridgehead atoms. The normalized spacial score (nSPS) is 11.6. The van der Waals surface area contributed by atoms with Crippen molar-refractivity contribution in [2.24, 2.45) is 0 Å². The van der Waals surface area contributed by atoms with E-state index in [1.807, 2.05) is 6.07 Å². The number of benzene rings is 6. The highest BCUT2D eigenvalue weighted by Crippen LogP contribution is 2.42. The maximum absolute atomic E-state index is 5.18. The minimum atomic E-state index is 0.909. The van der Waals surface area contributed by atoms with Crippen molar-refractivity contribution in [3.8, 4) is 33.9 Å². The lowest BCUT2D eigenvalue weighted by atomic mass is 10.1. The molecular weight excluding hydrogens is 534 g/mol. The number of hydrogen-bond donors (Lipinski definition) is 0. The molecule has 0 fully saturated rings. The first kappa shape index (κ1) is 24.6. The number of aromatic nitrogens is 3. The van der Waals surface area contributed by atoms with Crippen LogP contribution < -0.4 is 0 Å². The summed E-state index contributed by atoms with van der Waals surface area (Å²) in [5.74, 6) is 0.909. The first-order valence-electron chi connectivity index (χ1n) is 15.0. The maximum Gasteiger partial charge on any atom is 0.138 e. The van der Waals surface area contributed by atoms with E-state index >= 15 is 0 Å². The Bertz CT molecular complexity index is 2470. The minimum absolute atomic E-state index is 0.909. The van der Waals surface area contributed by atoms with E-state index < -0.39 is 0 Å². The molecule has 0 N–H and O–H groups in total. The van der Waals surface area contributed by atoms with Crippen molar-refractivity contribution in [3.63, 3.8) is 0 Å². The number of hydrogen-bond acceptors (Lipinski definition) is 1. The summed E-state index contributed by atoms with van der Waals surface area (Å²) in [4.78, 5) is 5.18. The van der Waals surface area contributed by atoms with Gasteiger partial charge in [-0.3, -0.25) is 4.57 Å². The Kier molecular flexibility index (Phi) is 5.50. The van der Waals surface area contributed by atoms with Crippen molar-refractivity contribution in [1.82, 2.24) is 14.1 Å². The molecule has 44 heavy (non-hydrogen) atoms. The van der Waals surface area contributed by atoms with Gasteiger partial charge in [0, 0.05) is 32.8 Å². The third-order valence-electron chi connectivity index (χ3n) is 8.74. The van der Waals surface area contributed by atoms with Crippen LogP contribution in [0.25, 0.3) is 77.5 Å². The Morgan fingerprint density at radius 2 is 0.977 bits per heavy atom. The first-order chi connectivity index (χ1) is 21.8. The van der Waals surface area contributed by atoms with Crippen molar-refractivity contribution in [2.75, 3.05) is 0 Å². The number of pyridine rings is 1. The fourth-order valence-corrected chi connectivity index (χ4v) is 6.77. The molecule has 3 heterocycles. The lowest BCUT2D eigenvalue weighted by Gasteiger charge is -2.11. The zero-order valence-corrected chi connectivity index (χ0v) is 23.9. The highest BCUT2D eigenvalue weighted by atomic mass is 15.1. The standard InChI is InChI=1S/C41H27N3/c1-3-12-28(13-4-1)29-22-24-31(25-23-29)43-36-19-9-7-16-32(36)33-26-27-38-40(41(33)43)34-17-8-10-20-37(34)44(38)39-21-11-18-35(42-39)30-14-5-2-6-15-30/h1-27H. The van der Waals surface area contributed by atoms with Crippen molar-refractivity contribution in [1.29, 1.82) is 0 Å². The van der Waals surface area contributed by atoms with E-state index in [-0.39, 0.29) is 0 Å². The quantitative estimate of drug-likeness (QED) is 0.210. The molecule has 3 nitrogen and oxygen atoms in total. The van der Waals surface area contributed by atoms with E-state index in [1.165, 1.54) is 43.7 Å². The fraction of sp³-hybridized carbons (Fsp3) is 0. The largest absolute Gasteiger partial charge is 0.309 e. The van der Waals surface area contributed by atoms with Crippen molar-refractivity contribution >= 4 is 43.6 Å². The SMILES string of the molecule is c1ccc(-c2ccc(-n3c4ccccc4c4ccc5c(c6ccccc6n5-c5cccc(-c6ccccc6)n5)c43)cc2)cc1. The number of nitrogens with zero attached hydrogens (tertiary/aromatic N) is 3. The van der Waals surface area contributed by atoms with Crippen LogP contribution in [0.5, 0.6) is 0 Å². The van der Waals surface area contributed by atoms with E-state index in [0.29, 0.717) is 0 Å². The molecule has 3 aromatic heterocycles. The molecular formula is C41H27N3. The van der Waals surface area contributed by atoms with Gasteiger partial charge in [0.2, 0.25) is 0 Å². The summed E-state index contributed by atoms with van der Waals surface area (Å²) in [7, 11) is 0. The monoisotopic (exact) mass is 561 g/mol. The van der Waals surface area contributed by atoms with Crippen LogP contribution in [-0.2, 0) is 0 Å². The summed E-state index contributed by atoms with van der Waals surface area (Å²) in [5, 5.41) is 4.94. The molecule has 0 aliphatic heterocycles. The zero-order valence-electron chi connectivity index (χ0n) is 23.9. The van der Waals surface area contributed by atoms with Gasteiger partial charge >= 0.3 is 0 Å². The van der Waals surface area contributed by atoms with Gasteiger partial charge in [0.25, 0.3) is 0 Å². The Balaban J connectivity index is 1.35. The van der Waals surface area contributed by atoms with Gasteiger partial charge in [0.1, 0.15) is 5.82 Å². The molecule has 0 spiro atoms. The van der Waals surface area contributed by atoms with Crippen LogP contribution in [0.1, 0.15) is 0 Å². The molecule has 9 aromatic rings. The summed E-state index contributed by atoms with van der Waals surface area (Å²) in [6.45, 7) is 0. The number of fused-ring (bicyclic) bond motifs is 7. The van der Waals surface area contributed by atoms with Gasteiger partial charge in [-0.15, -0.1) is 0 Å². The minimum Gasteiger partial charge on any atom is -0.309 e. The molecule has 0 aliphatic rings. The van der Waals surface area contributed by atoms with E-state index in [0.717, 1.165) is 33.8 Å². The Labute approximate surface area is 254 Å². The maximum atomic E-state index is 5.18. The second-order valence-corrected chi connectivity index (χ2v) is 11.2. The van der Waals surface area contributed by atoms with Crippen LogP contribution in [0.3, 0.4) is 0 Å². The Hall–Kier alpha value is -5.93. The third kappa shape index (κ3) is 3.73. The molecule has 0 radical (unpaired) electrons. The Morgan fingerprint density at radius 1 is 0.364 bits per heavy atom. The van der Waals surface area contributed by atoms with E-state index in [1.54, 1.807) is 0 Å². The molecule has 206 valence electrons. The van der Waals surface area contributed by atoms with Crippen LogP contribution in [0.15, 0.2) is 164 Å². The summed E-state index contributed by atoms with van der Waals surface area (Å²) >= 11 is 0. The number of para-hydroxylation sites is 2. The average Bonchev–Trinajstić information content (AvgIpc) is 3.62. The van der Waals surface area contributed by atoms with Crippen LogP contribution in [-0.4, -0.2) is 14.1 Å². The predicted molar refractivity (Wildman–Crippen MR) is 184 cm³/mol. The molecule has 6 aromatic carbocycles. The van der Waals surface area contributed by atoms with E-state index in [2.05, 4.69) is 167 Å². The van der Waals surface area contributed by atoms with Gasteiger partial charge in [0.15, 0.2) is 0 Å². The van der Waals surface area contributed by atoms with Crippen molar-refractivity contribution in [2.45, 2.75) is 0 Å². The van der Waals surface area contributed by atoms with Gasteiger partial charge < -0.3 is 4.57 Å². The van der Waals surface area contributed by atoms with Gasteiger partial charge in [-0.25, -0.2) is 4.98 Å². The molecule has 0 unspecified atom stereocenters. The highest BCUT2D eigenvalue weighted by molar-refractivity contribution is 6.26. The summed E-state index contributed by atoms with van der Waals surface area (Å²) in [5.41, 5.74) is 10.3. The lowest BCUT2D eigenvalue weighted by molar-refractivity contribution is 1.08. The molecule has 0 aliphatic carbocycles. The summed E-state index contributed by atoms with van der Waals surface area (Å²) in [6.07, 6.45) is 0. The van der Waals surface area contributed by atoms with Gasteiger partial charge in [-0.2, -0.15) is 0 Å². The van der Waals surface area contributed by atoms with E-state index in [9.17, 15) is 0 Å². The van der Waals surface area contributed by atoms with E-state index in [4.69, 9.17) is 4.98 Å². The fourth-order valence-electron chi connectivity index (χ4n) is 6.77. The van der Waals surface area contributed by atoms with Crippen molar-refractivity contribution < 1.29 is 0 Å². The molecule has 9 rings (SSSR count). The number of rotatable bonds is 4. The molecule has 0 amide bonds. The van der Waals surface area contributed by atoms with Crippen molar-refractivity contribution in [3.05, 3.63) is 164 Å². The molecule has 3 heteroatoms. The third-order valence-corrected chi connectivity index (χ3v) is 8.74. The highest BCUT2D eigenvalue weighted by Gasteiger charge is 2.21. The molecule has 0 atom stereocenters. The topological polar surface area (TPSA) is 22.8 Å². The van der Waals surface area contributed by atoms with Gasteiger partial charge in [0.05, 0.1) is 27.8 Å². The van der Waals surface area contributed by atoms with Crippen LogP contribution >= 0.6 is 0 Å². The second kappa shape index (κ2) is 9.82. The molecule has 0 saturated carbocycles. The predicted octanol–water partition coefficient (Wildman–Crippen LogP) is 10.6. The lowest BCUT2D eigenvalue weighted by Crippen LogP contribution is -1.98. The van der Waals surface area contributed by atoms with Crippen LogP contribution in [0, 0.1) is 0 Å². The average molecular weight is 562 g/mol. The Morgan fingerprint density at radius 3 is 1.73 bits per heavy atom. The summed E-state index contributed by atoms with van der Waals surface area (Å²) < 4.78 is 4.75. The second-order valence-electron chi connectivity index (χ2n) is 11.2. The summed E-state index contributed by atoms with van der Waals surface area (Å²) in [6, 6.07) is 58.2. The molecule has 0 saturated heterocycles. The van der Waals surface area contributed by atoms with Gasteiger partial charge in [-0.05, 0) is 53.6 Å².